The van der Waals surface area contributed by atoms with Crippen molar-refractivity contribution in [3.8, 4) is 0 Å². The fourth-order valence-electron chi connectivity index (χ4n) is 2.63. The largest absolute Gasteiger partial charge is 0.462 e. The minimum Gasteiger partial charge on any atom is -0.462 e. The van der Waals surface area contributed by atoms with E-state index >= 15 is 0 Å². The van der Waals surface area contributed by atoms with Gasteiger partial charge in [0.1, 0.15) is 11.5 Å². The molecule has 1 aliphatic rings. The Morgan fingerprint density at radius 2 is 2.05 bits per heavy atom. The van der Waals surface area contributed by atoms with Gasteiger partial charge in [0.2, 0.25) is 5.91 Å². The number of carbonyl (C=O) groups excluding carboxylic acids is 1. The highest BCUT2D eigenvalue weighted by molar-refractivity contribution is 5.91. The number of amides is 1. The molecule has 0 bridgehead atoms. The molecule has 0 spiro atoms. The molecule has 1 N–H and O–H groups in total. The van der Waals surface area contributed by atoms with Crippen LogP contribution < -0.4 is 5.32 Å². The van der Waals surface area contributed by atoms with Gasteiger partial charge in [-0.2, -0.15) is 0 Å². The molecule has 1 saturated heterocycles. The molecule has 116 valence electrons. The first-order valence-electron chi connectivity index (χ1n) is 7.99. The summed E-state index contributed by atoms with van der Waals surface area (Å²) in [6.07, 6.45) is 9.62. The zero-order chi connectivity index (χ0) is 14.9. The number of rotatable bonds is 6. The molecule has 1 aromatic rings. The van der Waals surface area contributed by atoms with Gasteiger partial charge in [0.25, 0.3) is 0 Å². The Labute approximate surface area is 127 Å². The maximum absolute atomic E-state index is 11.7. The second-order valence-electron chi connectivity index (χ2n) is 5.68. The van der Waals surface area contributed by atoms with E-state index in [0.29, 0.717) is 5.76 Å². The quantitative estimate of drug-likeness (QED) is 0.647. The van der Waals surface area contributed by atoms with Crippen molar-refractivity contribution in [3.63, 3.8) is 0 Å². The van der Waals surface area contributed by atoms with Gasteiger partial charge in [0.15, 0.2) is 0 Å². The SMILES string of the molecule is Cc1ccc(/C=C/C(=O)NCCCN2CCCCCC2)o1. The summed E-state index contributed by atoms with van der Waals surface area (Å²) in [4.78, 5) is 14.2. The summed E-state index contributed by atoms with van der Waals surface area (Å²) in [6.45, 7) is 6.13. The zero-order valence-electron chi connectivity index (χ0n) is 12.9. The van der Waals surface area contributed by atoms with Crippen molar-refractivity contribution in [2.75, 3.05) is 26.2 Å². The number of nitrogens with one attached hydrogen (secondary N) is 1. The number of hydrogen-bond donors (Lipinski definition) is 1. The van der Waals surface area contributed by atoms with Gasteiger partial charge in [-0.3, -0.25) is 4.79 Å². The van der Waals surface area contributed by atoms with Crippen LogP contribution in [0.4, 0.5) is 0 Å². The molecule has 0 unspecified atom stereocenters. The van der Waals surface area contributed by atoms with E-state index in [-0.39, 0.29) is 5.91 Å². The van der Waals surface area contributed by atoms with E-state index in [1.54, 1.807) is 6.08 Å². The first-order chi connectivity index (χ1) is 10.2. The van der Waals surface area contributed by atoms with Crippen LogP contribution in [0.2, 0.25) is 0 Å². The molecular weight excluding hydrogens is 264 g/mol. The van der Waals surface area contributed by atoms with E-state index in [2.05, 4.69) is 10.2 Å². The lowest BCUT2D eigenvalue weighted by Crippen LogP contribution is -2.29. The zero-order valence-corrected chi connectivity index (χ0v) is 12.9. The van der Waals surface area contributed by atoms with E-state index in [9.17, 15) is 4.79 Å². The summed E-state index contributed by atoms with van der Waals surface area (Å²) in [5, 5.41) is 2.92. The van der Waals surface area contributed by atoms with Crippen LogP contribution in [0.5, 0.6) is 0 Å². The third-order valence-electron chi connectivity index (χ3n) is 3.81. The standard InChI is InChI=1S/C17H26N2O2/c1-15-7-8-16(21-15)9-10-17(20)18-11-6-14-19-12-4-2-3-5-13-19/h7-10H,2-6,11-14H2,1H3,(H,18,20)/b10-9+. The summed E-state index contributed by atoms with van der Waals surface area (Å²) in [5.41, 5.74) is 0. The van der Waals surface area contributed by atoms with E-state index in [4.69, 9.17) is 4.42 Å². The number of aryl methyl sites for hydroxylation is 1. The highest BCUT2D eigenvalue weighted by Gasteiger charge is 2.08. The van der Waals surface area contributed by atoms with Gasteiger partial charge in [0, 0.05) is 12.6 Å². The van der Waals surface area contributed by atoms with Gasteiger partial charge in [-0.1, -0.05) is 12.8 Å². The predicted molar refractivity (Wildman–Crippen MR) is 85.0 cm³/mol. The number of likely N-dealkylation sites (tertiary alicyclic amines) is 1. The summed E-state index contributed by atoms with van der Waals surface area (Å²) in [6, 6.07) is 3.75. The number of nitrogens with zero attached hydrogens (tertiary/aromatic N) is 1. The lowest BCUT2D eigenvalue weighted by Gasteiger charge is -2.19. The highest BCUT2D eigenvalue weighted by Crippen LogP contribution is 2.09. The Bertz CT molecular complexity index is 457. The number of hydrogen-bond acceptors (Lipinski definition) is 3. The molecule has 0 atom stereocenters. The first-order valence-corrected chi connectivity index (χ1v) is 7.99. The van der Waals surface area contributed by atoms with Gasteiger partial charge in [-0.05, 0) is 64.0 Å². The Balaban J connectivity index is 1.59. The summed E-state index contributed by atoms with van der Waals surface area (Å²) in [7, 11) is 0. The molecule has 1 amide bonds. The average molecular weight is 290 g/mol. The van der Waals surface area contributed by atoms with Crippen LogP contribution in [0, 0.1) is 6.92 Å². The van der Waals surface area contributed by atoms with E-state index < -0.39 is 0 Å². The van der Waals surface area contributed by atoms with Crippen LogP contribution in [-0.4, -0.2) is 37.0 Å². The predicted octanol–water partition coefficient (Wildman–Crippen LogP) is 2.98. The Hall–Kier alpha value is -1.55. The van der Waals surface area contributed by atoms with Crippen molar-refractivity contribution in [1.29, 1.82) is 0 Å². The Morgan fingerprint density at radius 1 is 1.29 bits per heavy atom. The minimum atomic E-state index is -0.0556. The lowest BCUT2D eigenvalue weighted by atomic mass is 10.2. The summed E-state index contributed by atoms with van der Waals surface area (Å²) in [5.74, 6) is 1.51. The summed E-state index contributed by atoms with van der Waals surface area (Å²) >= 11 is 0. The number of carbonyl (C=O) groups is 1. The van der Waals surface area contributed by atoms with E-state index in [1.165, 1.54) is 44.8 Å². The second-order valence-corrected chi connectivity index (χ2v) is 5.68. The fourth-order valence-corrected chi connectivity index (χ4v) is 2.63. The molecule has 0 saturated carbocycles. The fraction of sp³-hybridized carbons (Fsp3) is 0.588. The highest BCUT2D eigenvalue weighted by atomic mass is 16.3. The molecule has 1 aliphatic heterocycles. The van der Waals surface area contributed by atoms with Crippen molar-refractivity contribution < 1.29 is 9.21 Å². The van der Waals surface area contributed by atoms with Gasteiger partial charge >= 0.3 is 0 Å². The van der Waals surface area contributed by atoms with Crippen LogP contribution in [-0.2, 0) is 4.79 Å². The molecule has 4 heteroatoms. The smallest absolute Gasteiger partial charge is 0.244 e. The molecule has 2 heterocycles. The normalized spacial score (nSPS) is 17.0. The Morgan fingerprint density at radius 3 is 2.71 bits per heavy atom. The molecule has 21 heavy (non-hydrogen) atoms. The minimum absolute atomic E-state index is 0.0556. The topological polar surface area (TPSA) is 45.5 Å². The third-order valence-corrected chi connectivity index (χ3v) is 3.81. The van der Waals surface area contributed by atoms with Gasteiger partial charge in [-0.25, -0.2) is 0 Å². The lowest BCUT2D eigenvalue weighted by molar-refractivity contribution is -0.116. The molecule has 0 aromatic carbocycles. The van der Waals surface area contributed by atoms with Crippen molar-refractivity contribution >= 4 is 12.0 Å². The third kappa shape index (κ3) is 6.17. The molecular formula is C17H26N2O2. The maximum atomic E-state index is 11.7. The van der Waals surface area contributed by atoms with E-state index in [0.717, 1.165) is 25.3 Å². The van der Waals surface area contributed by atoms with Crippen molar-refractivity contribution in [3.05, 3.63) is 29.7 Å². The molecule has 4 nitrogen and oxygen atoms in total. The van der Waals surface area contributed by atoms with Crippen LogP contribution in [0.1, 0.15) is 43.6 Å². The molecule has 2 rings (SSSR count). The molecule has 1 fully saturated rings. The number of furan rings is 1. The van der Waals surface area contributed by atoms with Gasteiger partial charge in [0.05, 0.1) is 0 Å². The average Bonchev–Trinajstić information content (AvgIpc) is 2.73. The van der Waals surface area contributed by atoms with Gasteiger partial charge in [-0.15, -0.1) is 0 Å². The van der Waals surface area contributed by atoms with Crippen molar-refractivity contribution in [2.45, 2.75) is 39.0 Å². The molecule has 0 aliphatic carbocycles. The maximum Gasteiger partial charge on any atom is 0.244 e. The van der Waals surface area contributed by atoms with Crippen molar-refractivity contribution in [2.24, 2.45) is 0 Å². The Kier molecular flexibility index (Phi) is 6.54. The van der Waals surface area contributed by atoms with Crippen LogP contribution >= 0.6 is 0 Å². The van der Waals surface area contributed by atoms with Crippen LogP contribution in [0.25, 0.3) is 6.08 Å². The van der Waals surface area contributed by atoms with Crippen LogP contribution in [0.15, 0.2) is 22.6 Å². The van der Waals surface area contributed by atoms with Gasteiger partial charge < -0.3 is 14.6 Å². The second kappa shape index (κ2) is 8.67. The molecule has 1 aromatic heterocycles. The monoisotopic (exact) mass is 290 g/mol. The van der Waals surface area contributed by atoms with Crippen molar-refractivity contribution in [1.82, 2.24) is 10.2 Å². The first kappa shape index (κ1) is 15.8. The molecule has 0 radical (unpaired) electrons. The summed E-state index contributed by atoms with van der Waals surface area (Å²) < 4.78 is 5.38. The van der Waals surface area contributed by atoms with E-state index in [1.807, 2.05) is 19.1 Å². The van der Waals surface area contributed by atoms with Crippen LogP contribution in [0.3, 0.4) is 0 Å².